The van der Waals surface area contributed by atoms with E-state index in [1.165, 1.54) is 5.56 Å². The molecule has 1 aromatic rings. The van der Waals surface area contributed by atoms with E-state index in [1.54, 1.807) is 0 Å². The SMILES string of the molecule is CCN(Cc1ccccc1)C(=O)CN1CCCC1CC(C)O. The average Bonchev–Trinajstić information content (AvgIpc) is 2.92. The number of hydrogen-bond acceptors (Lipinski definition) is 3. The minimum absolute atomic E-state index is 0.184. The first-order valence-electron chi connectivity index (χ1n) is 8.34. The molecule has 22 heavy (non-hydrogen) atoms. The first-order valence-corrected chi connectivity index (χ1v) is 8.34. The van der Waals surface area contributed by atoms with Gasteiger partial charge in [-0.25, -0.2) is 0 Å². The number of nitrogens with zero attached hydrogens (tertiary/aromatic N) is 2. The molecule has 1 heterocycles. The van der Waals surface area contributed by atoms with Gasteiger partial charge in [0.1, 0.15) is 0 Å². The van der Waals surface area contributed by atoms with Crippen molar-refractivity contribution >= 4 is 5.91 Å². The van der Waals surface area contributed by atoms with Crippen LogP contribution in [0.4, 0.5) is 0 Å². The van der Waals surface area contributed by atoms with Crippen LogP contribution in [0.15, 0.2) is 30.3 Å². The van der Waals surface area contributed by atoms with Gasteiger partial charge in [-0.05, 0) is 45.2 Å². The molecule has 0 spiro atoms. The maximum absolute atomic E-state index is 12.6. The molecular formula is C18H28N2O2. The highest BCUT2D eigenvalue weighted by Gasteiger charge is 2.28. The fraction of sp³-hybridized carbons (Fsp3) is 0.611. The zero-order chi connectivity index (χ0) is 15.9. The van der Waals surface area contributed by atoms with Crippen LogP contribution in [0, 0.1) is 0 Å². The summed E-state index contributed by atoms with van der Waals surface area (Å²) < 4.78 is 0. The molecular weight excluding hydrogens is 276 g/mol. The van der Waals surface area contributed by atoms with Crippen molar-refractivity contribution in [2.45, 2.75) is 51.8 Å². The molecule has 2 unspecified atom stereocenters. The number of hydrogen-bond donors (Lipinski definition) is 1. The Kier molecular flexibility index (Phi) is 6.40. The highest BCUT2D eigenvalue weighted by Crippen LogP contribution is 2.21. The minimum Gasteiger partial charge on any atom is -0.393 e. The number of carbonyl (C=O) groups excluding carboxylic acids is 1. The van der Waals surface area contributed by atoms with Gasteiger partial charge < -0.3 is 10.0 Å². The average molecular weight is 304 g/mol. The summed E-state index contributed by atoms with van der Waals surface area (Å²) in [6, 6.07) is 10.5. The van der Waals surface area contributed by atoms with E-state index in [1.807, 2.05) is 36.9 Å². The Hall–Kier alpha value is -1.39. The molecule has 0 aliphatic carbocycles. The number of aliphatic hydroxyl groups excluding tert-OH is 1. The first-order chi connectivity index (χ1) is 10.6. The molecule has 4 nitrogen and oxygen atoms in total. The first kappa shape index (κ1) is 17.0. The van der Waals surface area contributed by atoms with E-state index in [-0.39, 0.29) is 12.0 Å². The summed E-state index contributed by atoms with van der Waals surface area (Å²) in [5.74, 6) is 0.184. The van der Waals surface area contributed by atoms with Crippen LogP contribution in [0.3, 0.4) is 0 Å². The topological polar surface area (TPSA) is 43.8 Å². The molecule has 4 heteroatoms. The number of rotatable bonds is 7. The van der Waals surface area contributed by atoms with Crippen LogP contribution in [0.25, 0.3) is 0 Å². The van der Waals surface area contributed by atoms with Crippen LogP contribution >= 0.6 is 0 Å². The lowest BCUT2D eigenvalue weighted by molar-refractivity contribution is -0.133. The second kappa shape index (κ2) is 8.30. The van der Waals surface area contributed by atoms with Crippen LogP contribution in [0.1, 0.15) is 38.7 Å². The van der Waals surface area contributed by atoms with Gasteiger partial charge in [0.05, 0.1) is 12.6 Å². The number of aliphatic hydroxyl groups is 1. The Balaban J connectivity index is 1.91. The lowest BCUT2D eigenvalue weighted by Gasteiger charge is -2.28. The number of carbonyl (C=O) groups is 1. The van der Waals surface area contributed by atoms with Crippen LogP contribution < -0.4 is 0 Å². The maximum Gasteiger partial charge on any atom is 0.237 e. The summed E-state index contributed by atoms with van der Waals surface area (Å²) in [5, 5.41) is 9.59. The smallest absolute Gasteiger partial charge is 0.237 e. The molecule has 0 bridgehead atoms. The Morgan fingerprint density at radius 2 is 2.14 bits per heavy atom. The van der Waals surface area contributed by atoms with Crippen molar-refractivity contribution in [2.75, 3.05) is 19.6 Å². The van der Waals surface area contributed by atoms with Gasteiger partial charge in [-0.15, -0.1) is 0 Å². The van der Waals surface area contributed by atoms with Crippen LogP contribution in [0.5, 0.6) is 0 Å². The molecule has 1 N–H and O–H groups in total. The van der Waals surface area contributed by atoms with E-state index in [9.17, 15) is 9.90 Å². The second-order valence-corrected chi connectivity index (χ2v) is 6.24. The van der Waals surface area contributed by atoms with Gasteiger partial charge in [0.15, 0.2) is 0 Å². The number of likely N-dealkylation sites (N-methyl/N-ethyl adjacent to an activating group) is 1. The van der Waals surface area contributed by atoms with Gasteiger partial charge in [0.2, 0.25) is 5.91 Å². The predicted molar refractivity (Wildman–Crippen MR) is 88.4 cm³/mol. The fourth-order valence-electron chi connectivity index (χ4n) is 3.22. The van der Waals surface area contributed by atoms with Crippen molar-refractivity contribution < 1.29 is 9.90 Å². The summed E-state index contributed by atoms with van der Waals surface area (Å²) in [4.78, 5) is 16.7. The highest BCUT2D eigenvalue weighted by molar-refractivity contribution is 5.78. The van der Waals surface area contributed by atoms with Crippen LogP contribution in [-0.2, 0) is 11.3 Å². The van der Waals surface area contributed by atoms with Crippen molar-refractivity contribution in [3.05, 3.63) is 35.9 Å². The molecule has 1 aromatic carbocycles. The van der Waals surface area contributed by atoms with Gasteiger partial charge >= 0.3 is 0 Å². The Morgan fingerprint density at radius 1 is 1.41 bits per heavy atom. The maximum atomic E-state index is 12.6. The number of benzene rings is 1. The second-order valence-electron chi connectivity index (χ2n) is 6.24. The van der Waals surface area contributed by atoms with Gasteiger partial charge in [0, 0.05) is 19.1 Å². The summed E-state index contributed by atoms with van der Waals surface area (Å²) in [5.41, 5.74) is 1.17. The summed E-state index contributed by atoms with van der Waals surface area (Å²) in [6.07, 6.45) is 2.67. The van der Waals surface area contributed by atoms with Gasteiger partial charge in [0.25, 0.3) is 0 Å². The van der Waals surface area contributed by atoms with Crippen LogP contribution in [0.2, 0.25) is 0 Å². The molecule has 1 aliphatic rings. The zero-order valence-electron chi connectivity index (χ0n) is 13.7. The molecule has 122 valence electrons. The largest absolute Gasteiger partial charge is 0.393 e. The molecule has 1 aliphatic heterocycles. The summed E-state index contributed by atoms with van der Waals surface area (Å²) >= 11 is 0. The van der Waals surface area contributed by atoms with Gasteiger partial charge in [-0.3, -0.25) is 9.69 Å². The number of amides is 1. The zero-order valence-corrected chi connectivity index (χ0v) is 13.7. The van der Waals surface area contributed by atoms with E-state index in [2.05, 4.69) is 17.0 Å². The fourth-order valence-corrected chi connectivity index (χ4v) is 3.22. The third kappa shape index (κ3) is 4.82. The summed E-state index contributed by atoms with van der Waals surface area (Å²) in [6.45, 7) is 6.68. The van der Waals surface area contributed by atoms with Gasteiger partial charge in [-0.1, -0.05) is 30.3 Å². The lowest BCUT2D eigenvalue weighted by Crippen LogP contribution is -2.42. The Morgan fingerprint density at radius 3 is 2.77 bits per heavy atom. The van der Waals surface area contributed by atoms with E-state index in [0.717, 1.165) is 32.4 Å². The van der Waals surface area contributed by atoms with Crippen molar-refractivity contribution in [1.29, 1.82) is 0 Å². The molecule has 1 amide bonds. The molecule has 0 saturated carbocycles. The molecule has 2 rings (SSSR count). The van der Waals surface area contributed by atoms with Crippen molar-refractivity contribution in [3.63, 3.8) is 0 Å². The Bertz CT molecular complexity index is 461. The van der Waals surface area contributed by atoms with Gasteiger partial charge in [-0.2, -0.15) is 0 Å². The van der Waals surface area contributed by atoms with E-state index in [4.69, 9.17) is 0 Å². The molecule has 0 radical (unpaired) electrons. The van der Waals surface area contributed by atoms with Crippen molar-refractivity contribution in [1.82, 2.24) is 9.80 Å². The minimum atomic E-state index is -0.299. The third-order valence-electron chi connectivity index (χ3n) is 4.40. The summed E-state index contributed by atoms with van der Waals surface area (Å²) in [7, 11) is 0. The van der Waals surface area contributed by atoms with E-state index < -0.39 is 0 Å². The van der Waals surface area contributed by atoms with E-state index in [0.29, 0.717) is 19.1 Å². The lowest BCUT2D eigenvalue weighted by atomic mass is 10.1. The monoisotopic (exact) mass is 304 g/mol. The van der Waals surface area contributed by atoms with E-state index >= 15 is 0 Å². The normalized spacial score (nSPS) is 20.0. The van der Waals surface area contributed by atoms with Crippen LogP contribution in [-0.4, -0.2) is 52.6 Å². The predicted octanol–water partition coefficient (Wildman–Crippen LogP) is 2.27. The van der Waals surface area contributed by atoms with Crippen molar-refractivity contribution in [2.24, 2.45) is 0 Å². The van der Waals surface area contributed by atoms with Crippen molar-refractivity contribution in [3.8, 4) is 0 Å². The molecule has 2 atom stereocenters. The third-order valence-corrected chi connectivity index (χ3v) is 4.40. The standard InChI is InChI=1S/C18H28N2O2/c1-3-19(13-16-8-5-4-6-9-16)18(22)14-20-11-7-10-17(20)12-15(2)21/h4-6,8-9,15,17,21H,3,7,10-14H2,1-2H3. The molecule has 1 fully saturated rings. The highest BCUT2D eigenvalue weighted by atomic mass is 16.3. The number of likely N-dealkylation sites (tertiary alicyclic amines) is 1. The quantitative estimate of drug-likeness (QED) is 0.840. The molecule has 0 aromatic heterocycles. The Labute approximate surface area is 133 Å². The molecule has 1 saturated heterocycles.